The number of nitrogens with zero attached hydrogens (tertiary/aromatic N) is 2. The zero-order chi connectivity index (χ0) is 14.7. The van der Waals surface area contributed by atoms with Gasteiger partial charge in [0.1, 0.15) is 0 Å². The second-order valence-electron chi connectivity index (χ2n) is 6.41. The van der Waals surface area contributed by atoms with Crippen molar-refractivity contribution >= 4 is 38.0 Å². The van der Waals surface area contributed by atoms with Crippen LogP contribution in [0.15, 0.2) is 48.5 Å². The molecule has 2 aromatic heterocycles. The van der Waals surface area contributed by atoms with E-state index in [0.717, 1.165) is 0 Å². The maximum atomic E-state index is 2.46. The zero-order valence-electron chi connectivity index (χ0n) is 12.6. The van der Waals surface area contributed by atoms with Gasteiger partial charge < -0.3 is 4.90 Å². The maximum absolute atomic E-state index is 2.46. The summed E-state index contributed by atoms with van der Waals surface area (Å²) in [6.07, 6.45) is 1.27. The van der Waals surface area contributed by atoms with Gasteiger partial charge in [-0.3, -0.25) is 3.79 Å². The lowest BCUT2D eigenvalue weighted by Crippen LogP contribution is -2.13. The highest BCUT2D eigenvalue weighted by Crippen LogP contribution is 2.42. The topological polar surface area (TPSA) is 7.65 Å². The van der Waals surface area contributed by atoms with Crippen molar-refractivity contribution in [1.82, 2.24) is 8.69 Å². The molecule has 0 radical (unpaired) electrons. The van der Waals surface area contributed by atoms with E-state index in [9.17, 15) is 0 Å². The number of likely N-dealkylation sites (tertiary alicyclic amines) is 1. The number of hydrogen-bond acceptors (Lipinski definition) is 2. The predicted octanol–water partition coefficient (Wildman–Crippen LogP) is 4.73. The number of benzene rings is 2. The number of likely N-dealkylation sites (N-methyl/N-ethyl adjacent to an activating group) is 1. The zero-order valence-corrected chi connectivity index (χ0v) is 13.4. The van der Waals surface area contributed by atoms with E-state index in [1.165, 1.54) is 46.0 Å². The van der Waals surface area contributed by atoms with Gasteiger partial charge in [0.05, 0.1) is 15.7 Å². The standard InChI is InChI=1S/C19H18N2S/c1-20-11-10-13(12-20)18-14-6-2-4-8-16(14)21-19(18)15-7-3-5-9-17(15)22-21/h2-9,13H,10-12H2,1H3/t13-/m1/s1. The Morgan fingerprint density at radius 1 is 1.00 bits per heavy atom. The van der Waals surface area contributed by atoms with Crippen molar-refractivity contribution in [2.45, 2.75) is 12.3 Å². The molecule has 5 rings (SSSR count). The first kappa shape index (κ1) is 12.7. The molecule has 2 nitrogen and oxygen atoms in total. The number of aromatic nitrogens is 1. The van der Waals surface area contributed by atoms with Gasteiger partial charge in [-0.05, 0) is 37.7 Å². The third-order valence-corrected chi connectivity index (χ3v) is 6.12. The quantitative estimate of drug-likeness (QED) is 0.493. The Morgan fingerprint density at radius 3 is 2.59 bits per heavy atom. The molecule has 4 aromatic rings. The van der Waals surface area contributed by atoms with E-state index >= 15 is 0 Å². The summed E-state index contributed by atoms with van der Waals surface area (Å²) < 4.78 is 3.84. The summed E-state index contributed by atoms with van der Waals surface area (Å²) in [5.41, 5.74) is 4.38. The lowest BCUT2D eigenvalue weighted by molar-refractivity contribution is 0.412. The molecule has 3 heteroatoms. The van der Waals surface area contributed by atoms with Crippen molar-refractivity contribution in [3.8, 4) is 0 Å². The van der Waals surface area contributed by atoms with Crippen molar-refractivity contribution < 1.29 is 0 Å². The fourth-order valence-electron chi connectivity index (χ4n) is 4.01. The van der Waals surface area contributed by atoms with Crippen LogP contribution < -0.4 is 0 Å². The molecular weight excluding hydrogens is 288 g/mol. The maximum Gasteiger partial charge on any atom is 0.0695 e. The molecule has 2 aromatic carbocycles. The highest BCUT2D eigenvalue weighted by molar-refractivity contribution is 7.14. The molecule has 0 N–H and O–H groups in total. The van der Waals surface area contributed by atoms with Gasteiger partial charge in [-0.1, -0.05) is 47.9 Å². The second kappa shape index (κ2) is 4.58. The molecule has 22 heavy (non-hydrogen) atoms. The van der Waals surface area contributed by atoms with Crippen molar-refractivity contribution in [1.29, 1.82) is 0 Å². The number of hydrogen-bond donors (Lipinski definition) is 0. The van der Waals surface area contributed by atoms with E-state index in [4.69, 9.17) is 0 Å². The van der Waals surface area contributed by atoms with Crippen LogP contribution in [0.2, 0.25) is 0 Å². The number of fused-ring (bicyclic) bond motifs is 5. The Balaban J connectivity index is 1.94. The molecule has 1 saturated heterocycles. The van der Waals surface area contributed by atoms with Crippen molar-refractivity contribution in [3.63, 3.8) is 0 Å². The van der Waals surface area contributed by atoms with Gasteiger partial charge in [0, 0.05) is 23.2 Å². The molecule has 0 bridgehead atoms. The Morgan fingerprint density at radius 2 is 1.77 bits per heavy atom. The van der Waals surface area contributed by atoms with Gasteiger partial charge in [-0.25, -0.2) is 0 Å². The highest BCUT2D eigenvalue weighted by Gasteiger charge is 2.27. The molecule has 1 atom stereocenters. The van der Waals surface area contributed by atoms with Crippen LogP contribution in [-0.2, 0) is 0 Å². The van der Waals surface area contributed by atoms with Crippen molar-refractivity contribution in [2.24, 2.45) is 0 Å². The number of rotatable bonds is 1. The van der Waals surface area contributed by atoms with E-state index in [1.54, 1.807) is 5.56 Å². The molecule has 0 amide bonds. The van der Waals surface area contributed by atoms with E-state index in [1.807, 2.05) is 11.5 Å². The molecule has 0 aliphatic carbocycles. The van der Waals surface area contributed by atoms with Gasteiger partial charge in [0.25, 0.3) is 0 Å². The van der Waals surface area contributed by atoms with Crippen molar-refractivity contribution in [2.75, 3.05) is 20.1 Å². The largest absolute Gasteiger partial charge is 0.306 e. The van der Waals surface area contributed by atoms with Gasteiger partial charge in [-0.2, -0.15) is 0 Å². The van der Waals surface area contributed by atoms with Crippen LogP contribution >= 0.6 is 11.5 Å². The molecule has 3 heterocycles. The molecule has 1 aliphatic heterocycles. The van der Waals surface area contributed by atoms with Crippen LogP contribution in [0, 0.1) is 0 Å². The molecule has 1 aliphatic rings. The molecule has 1 fully saturated rings. The molecular formula is C19H18N2S. The minimum atomic E-state index is 0.651. The molecule has 110 valence electrons. The summed E-state index contributed by atoms with van der Waals surface area (Å²) in [6.45, 7) is 2.38. The lowest BCUT2D eigenvalue weighted by Gasteiger charge is -2.10. The third kappa shape index (κ3) is 1.64. The Kier molecular flexibility index (Phi) is 2.64. The van der Waals surface area contributed by atoms with Crippen LogP contribution in [0.1, 0.15) is 17.9 Å². The van der Waals surface area contributed by atoms with E-state index in [2.05, 4.69) is 64.3 Å². The van der Waals surface area contributed by atoms with Crippen LogP contribution in [0.25, 0.3) is 26.5 Å². The number of para-hydroxylation sites is 1. The van der Waals surface area contributed by atoms with Gasteiger partial charge >= 0.3 is 0 Å². The molecule has 0 spiro atoms. The minimum absolute atomic E-state index is 0.651. The monoisotopic (exact) mass is 306 g/mol. The Hall–Kier alpha value is -1.84. The first-order valence-electron chi connectivity index (χ1n) is 7.92. The third-order valence-electron chi connectivity index (χ3n) is 5.00. The summed E-state index contributed by atoms with van der Waals surface area (Å²) in [4.78, 5) is 2.46. The van der Waals surface area contributed by atoms with Crippen LogP contribution in [0.5, 0.6) is 0 Å². The summed E-state index contributed by atoms with van der Waals surface area (Å²) in [6, 6.07) is 17.7. The van der Waals surface area contributed by atoms with Crippen LogP contribution in [0.4, 0.5) is 0 Å². The lowest BCUT2D eigenvalue weighted by atomic mass is 9.95. The SMILES string of the molecule is CN1CC[C@@H](c2c3ccccc3n3sc4ccccc4c23)C1. The summed E-state index contributed by atoms with van der Waals surface area (Å²) in [5.74, 6) is 0.651. The summed E-state index contributed by atoms with van der Waals surface area (Å²) in [5, 5.41) is 2.85. The normalized spacial score (nSPS) is 19.8. The minimum Gasteiger partial charge on any atom is -0.306 e. The van der Waals surface area contributed by atoms with Gasteiger partial charge in [0.2, 0.25) is 0 Å². The van der Waals surface area contributed by atoms with Crippen LogP contribution in [0.3, 0.4) is 0 Å². The fraction of sp³-hybridized carbons (Fsp3) is 0.263. The van der Waals surface area contributed by atoms with Crippen molar-refractivity contribution in [3.05, 3.63) is 54.1 Å². The first-order chi connectivity index (χ1) is 10.8. The van der Waals surface area contributed by atoms with Crippen LogP contribution in [-0.4, -0.2) is 28.8 Å². The Bertz CT molecular complexity index is 989. The fourth-order valence-corrected chi connectivity index (χ4v) is 5.15. The smallest absolute Gasteiger partial charge is 0.0695 e. The molecule has 0 saturated carbocycles. The highest BCUT2D eigenvalue weighted by atomic mass is 32.1. The van der Waals surface area contributed by atoms with E-state index in [-0.39, 0.29) is 0 Å². The second-order valence-corrected chi connectivity index (χ2v) is 7.40. The van der Waals surface area contributed by atoms with E-state index < -0.39 is 0 Å². The van der Waals surface area contributed by atoms with Gasteiger partial charge in [-0.15, -0.1) is 0 Å². The average Bonchev–Trinajstić information content (AvgIpc) is 3.20. The average molecular weight is 306 g/mol. The first-order valence-corrected chi connectivity index (χ1v) is 8.70. The Labute approximate surface area is 133 Å². The summed E-state index contributed by atoms with van der Waals surface area (Å²) in [7, 11) is 2.24. The van der Waals surface area contributed by atoms with Gasteiger partial charge in [0.15, 0.2) is 0 Å². The summed E-state index contributed by atoms with van der Waals surface area (Å²) >= 11 is 1.87. The predicted molar refractivity (Wildman–Crippen MR) is 95.1 cm³/mol. The molecule has 0 unspecified atom stereocenters. The van der Waals surface area contributed by atoms with E-state index in [0.29, 0.717) is 5.92 Å².